The minimum Gasteiger partial charge on any atom is -0.347 e. The summed E-state index contributed by atoms with van der Waals surface area (Å²) in [4.78, 5) is 29.0. The van der Waals surface area contributed by atoms with E-state index in [-0.39, 0.29) is 18.4 Å². The van der Waals surface area contributed by atoms with E-state index in [2.05, 4.69) is 10.3 Å². The van der Waals surface area contributed by atoms with E-state index in [9.17, 15) is 9.59 Å². The molecule has 5 heteroatoms. The lowest BCUT2D eigenvalue weighted by atomic mass is 10.1. The molecule has 1 heterocycles. The normalized spacial score (nSPS) is 10.0. The standard InChI is InChI=1S/C16H17N3O2/c1-19(2)15(20)11-18-16(21)13-8-9-14(17-10-13)12-6-4-3-5-7-12/h3-10H,11H2,1-2H3,(H,18,21). The van der Waals surface area contributed by atoms with Crippen LogP contribution in [0.25, 0.3) is 11.3 Å². The number of nitrogens with zero attached hydrogens (tertiary/aromatic N) is 2. The van der Waals surface area contributed by atoms with Crippen molar-refractivity contribution in [2.45, 2.75) is 0 Å². The SMILES string of the molecule is CN(C)C(=O)CNC(=O)c1ccc(-c2ccccc2)nc1. The minimum atomic E-state index is -0.308. The molecule has 21 heavy (non-hydrogen) atoms. The van der Waals surface area contributed by atoms with Gasteiger partial charge < -0.3 is 10.2 Å². The third-order valence-corrected chi connectivity index (χ3v) is 2.99. The first-order chi connectivity index (χ1) is 10.1. The fourth-order valence-electron chi connectivity index (χ4n) is 1.72. The topological polar surface area (TPSA) is 62.3 Å². The van der Waals surface area contributed by atoms with Crippen molar-refractivity contribution in [1.82, 2.24) is 15.2 Å². The van der Waals surface area contributed by atoms with E-state index in [0.29, 0.717) is 5.56 Å². The number of pyridine rings is 1. The zero-order valence-electron chi connectivity index (χ0n) is 12.0. The quantitative estimate of drug-likeness (QED) is 0.926. The number of benzene rings is 1. The lowest BCUT2D eigenvalue weighted by Gasteiger charge is -2.11. The Morgan fingerprint density at radius 2 is 1.81 bits per heavy atom. The summed E-state index contributed by atoms with van der Waals surface area (Å²) in [6.07, 6.45) is 1.51. The van der Waals surface area contributed by atoms with Crippen molar-refractivity contribution in [3.05, 3.63) is 54.2 Å². The molecule has 0 fully saturated rings. The van der Waals surface area contributed by atoms with Crippen molar-refractivity contribution in [3.8, 4) is 11.3 Å². The second-order valence-electron chi connectivity index (χ2n) is 4.77. The van der Waals surface area contributed by atoms with Gasteiger partial charge in [-0.05, 0) is 12.1 Å². The van der Waals surface area contributed by atoms with Gasteiger partial charge in [0, 0.05) is 25.9 Å². The first kappa shape index (κ1) is 14.7. The highest BCUT2D eigenvalue weighted by molar-refractivity contribution is 5.96. The lowest BCUT2D eigenvalue weighted by Crippen LogP contribution is -2.36. The molecule has 1 N–H and O–H groups in total. The molecule has 5 nitrogen and oxygen atoms in total. The van der Waals surface area contributed by atoms with E-state index in [4.69, 9.17) is 0 Å². The number of likely N-dealkylation sites (N-methyl/N-ethyl adjacent to an activating group) is 1. The van der Waals surface area contributed by atoms with Gasteiger partial charge in [-0.3, -0.25) is 14.6 Å². The number of hydrogen-bond donors (Lipinski definition) is 1. The zero-order chi connectivity index (χ0) is 15.2. The van der Waals surface area contributed by atoms with Crippen LogP contribution in [0.2, 0.25) is 0 Å². The molecule has 0 aliphatic rings. The van der Waals surface area contributed by atoms with E-state index < -0.39 is 0 Å². The van der Waals surface area contributed by atoms with Gasteiger partial charge in [0.2, 0.25) is 5.91 Å². The fourth-order valence-corrected chi connectivity index (χ4v) is 1.72. The van der Waals surface area contributed by atoms with Crippen LogP contribution in [-0.2, 0) is 4.79 Å². The number of amides is 2. The number of rotatable bonds is 4. The van der Waals surface area contributed by atoms with E-state index in [1.165, 1.54) is 11.1 Å². The zero-order valence-corrected chi connectivity index (χ0v) is 12.0. The van der Waals surface area contributed by atoms with E-state index in [1.807, 2.05) is 30.3 Å². The lowest BCUT2D eigenvalue weighted by molar-refractivity contribution is -0.127. The molecule has 1 aromatic carbocycles. The monoisotopic (exact) mass is 283 g/mol. The number of carbonyl (C=O) groups is 2. The van der Waals surface area contributed by atoms with Crippen LogP contribution < -0.4 is 5.32 Å². The number of aromatic nitrogens is 1. The average molecular weight is 283 g/mol. The van der Waals surface area contributed by atoms with Gasteiger partial charge in [-0.15, -0.1) is 0 Å². The van der Waals surface area contributed by atoms with Gasteiger partial charge in [0.05, 0.1) is 17.8 Å². The Balaban J connectivity index is 2.02. The molecule has 108 valence electrons. The Bertz CT molecular complexity index is 622. The average Bonchev–Trinajstić information content (AvgIpc) is 2.53. The largest absolute Gasteiger partial charge is 0.347 e. The maximum atomic E-state index is 11.9. The first-order valence-electron chi connectivity index (χ1n) is 6.58. The number of nitrogens with one attached hydrogen (secondary N) is 1. The maximum absolute atomic E-state index is 11.9. The van der Waals surface area contributed by atoms with Gasteiger partial charge in [0.15, 0.2) is 0 Å². The summed E-state index contributed by atoms with van der Waals surface area (Å²) in [5, 5.41) is 2.57. The number of carbonyl (C=O) groups excluding carboxylic acids is 2. The number of hydrogen-bond acceptors (Lipinski definition) is 3. The van der Waals surface area contributed by atoms with Crippen LogP contribution in [0.5, 0.6) is 0 Å². The van der Waals surface area contributed by atoms with Crippen LogP contribution in [0.1, 0.15) is 10.4 Å². The molecule has 0 saturated heterocycles. The van der Waals surface area contributed by atoms with Crippen LogP contribution in [0, 0.1) is 0 Å². The third-order valence-electron chi connectivity index (χ3n) is 2.99. The molecule has 2 aromatic rings. The Hall–Kier alpha value is -2.69. The Kier molecular flexibility index (Phi) is 4.66. The fraction of sp³-hybridized carbons (Fsp3) is 0.188. The van der Waals surface area contributed by atoms with Crippen LogP contribution in [0.4, 0.5) is 0 Å². The molecule has 2 rings (SSSR count). The van der Waals surface area contributed by atoms with Crippen molar-refractivity contribution < 1.29 is 9.59 Å². The van der Waals surface area contributed by atoms with Gasteiger partial charge >= 0.3 is 0 Å². The van der Waals surface area contributed by atoms with Gasteiger partial charge in [0.1, 0.15) is 0 Å². The van der Waals surface area contributed by atoms with E-state index in [0.717, 1.165) is 11.3 Å². The molecule has 0 bridgehead atoms. The Labute approximate surface area is 123 Å². The smallest absolute Gasteiger partial charge is 0.253 e. The highest BCUT2D eigenvalue weighted by atomic mass is 16.2. The maximum Gasteiger partial charge on any atom is 0.253 e. The Morgan fingerprint density at radius 1 is 1.10 bits per heavy atom. The predicted molar refractivity (Wildman–Crippen MR) is 80.7 cm³/mol. The van der Waals surface area contributed by atoms with Crippen molar-refractivity contribution in [2.24, 2.45) is 0 Å². The van der Waals surface area contributed by atoms with Gasteiger partial charge in [-0.1, -0.05) is 30.3 Å². The summed E-state index contributed by atoms with van der Waals surface area (Å²) in [6.45, 7) is -0.0216. The first-order valence-corrected chi connectivity index (χ1v) is 6.58. The minimum absolute atomic E-state index is 0.0216. The van der Waals surface area contributed by atoms with Crippen molar-refractivity contribution in [2.75, 3.05) is 20.6 Å². The van der Waals surface area contributed by atoms with Gasteiger partial charge in [-0.2, -0.15) is 0 Å². The van der Waals surface area contributed by atoms with Crippen molar-refractivity contribution >= 4 is 11.8 Å². The summed E-state index contributed by atoms with van der Waals surface area (Å²) < 4.78 is 0. The summed E-state index contributed by atoms with van der Waals surface area (Å²) >= 11 is 0. The highest BCUT2D eigenvalue weighted by Crippen LogP contribution is 2.16. The molecular formula is C16H17N3O2. The van der Waals surface area contributed by atoms with Crippen molar-refractivity contribution in [1.29, 1.82) is 0 Å². The molecule has 1 aromatic heterocycles. The molecular weight excluding hydrogens is 266 g/mol. The van der Waals surface area contributed by atoms with Crippen LogP contribution in [0.15, 0.2) is 48.7 Å². The summed E-state index contributed by atoms with van der Waals surface area (Å²) in [5.41, 5.74) is 2.23. The summed E-state index contributed by atoms with van der Waals surface area (Å²) in [6, 6.07) is 13.2. The molecule has 0 spiro atoms. The predicted octanol–water partition coefficient (Wildman–Crippen LogP) is 1.57. The second kappa shape index (κ2) is 6.65. The summed E-state index contributed by atoms with van der Waals surface area (Å²) in [7, 11) is 3.29. The third kappa shape index (κ3) is 3.89. The van der Waals surface area contributed by atoms with Crippen LogP contribution in [0.3, 0.4) is 0 Å². The molecule has 0 aliphatic heterocycles. The molecule has 0 atom stereocenters. The summed E-state index contributed by atoms with van der Waals surface area (Å²) in [5.74, 6) is -0.463. The van der Waals surface area contributed by atoms with Gasteiger partial charge in [0.25, 0.3) is 5.91 Å². The van der Waals surface area contributed by atoms with E-state index in [1.54, 1.807) is 26.2 Å². The second-order valence-corrected chi connectivity index (χ2v) is 4.77. The van der Waals surface area contributed by atoms with Crippen LogP contribution in [-0.4, -0.2) is 42.3 Å². The molecule has 0 aliphatic carbocycles. The molecule has 0 unspecified atom stereocenters. The van der Waals surface area contributed by atoms with Crippen LogP contribution >= 0.6 is 0 Å². The molecule has 0 saturated carbocycles. The molecule has 2 amide bonds. The van der Waals surface area contributed by atoms with Gasteiger partial charge in [-0.25, -0.2) is 0 Å². The highest BCUT2D eigenvalue weighted by Gasteiger charge is 2.09. The Morgan fingerprint density at radius 3 is 2.38 bits per heavy atom. The van der Waals surface area contributed by atoms with Crippen molar-refractivity contribution in [3.63, 3.8) is 0 Å². The van der Waals surface area contributed by atoms with E-state index >= 15 is 0 Å². The molecule has 0 radical (unpaired) electrons.